The van der Waals surface area contributed by atoms with Crippen LogP contribution in [0.2, 0.25) is 0 Å². The van der Waals surface area contributed by atoms with Crippen molar-refractivity contribution in [3.63, 3.8) is 0 Å². The molecule has 2 aliphatic rings. The summed E-state index contributed by atoms with van der Waals surface area (Å²) in [6, 6.07) is 10.9. The van der Waals surface area contributed by atoms with Crippen LogP contribution in [0.1, 0.15) is 38.2 Å². The average molecular weight is 323 g/mol. The highest BCUT2D eigenvalue weighted by Crippen LogP contribution is 2.31. The lowest BCUT2D eigenvalue weighted by Gasteiger charge is -2.37. The minimum atomic E-state index is 0.760. The molecule has 2 bridgehead atoms. The van der Waals surface area contributed by atoms with Crippen molar-refractivity contribution in [1.29, 1.82) is 0 Å². The SMILES string of the molecule is CCN(Cc1ccccc1Br)C1CC2CCC(C1)N2. The van der Waals surface area contributed by atoms with Crippen LogP contribution < -0.4 is 5.32 Å². The van der Waals surface area contributed by atoms with E-state index in [0.717, 1.165) is 31.2 Å². The lowest BCUT2D eigenvalue weighted by atomic mass is 9.97. The molecule has 2 unspecified atom stereocenters. The van der Waals surface area contributed by atoms with E-state index < -0.39 is 0 Å². The van der Waals surface area contributed by atoms with Gasteiger partial charge in [0.25, 0.3) is 0 Å². The quantitative estimate of drug-likeness (QED) is 0.911. The van der Waals surface area contributed by atoms with Crippen molar-refractivity contribution in [3.05, 3.63) is 34.3 Å². The highest BCUT2D eigenvalue weighted by atomic mass is 79.9. The minimum Gasteiger partial charge on any atom is -0.311 e. The van der Waals surface area contributed by atoms with E-state index in [1.807, 2.05) is 0 Å². The lowest BCUT2D eigenvalue weighted by Crippen LogP contribution is -2.47. The van der Waals surface area contributed by atoms with Gasteiger partial charge in [-0.15, -0.1) is 0 Å². The van der Waals surface area contributed by atoms with Gasteiger partial charge >= 0.3 is 0 Å². The Morgan fingerprint density at radius 3 is 2.53 bits per heavy atom. The topological polar surface area (TPSA) is 15.3 Å². The van der Waals surface area contributed by atoms with Gasteiger partial charge in [0.05, 0.1) is 0 Å². The summed E-state index contributed by atoms with van der Waals surface area (Å²) in [5.74, 6) is 0. The van der Waals surface area contributed by atoms with E-state index in [-0.39, 0.29) is 0 Å². The van der Waals surface area contributed by atoms with E-state index in [9.17, 15) is 0 Å². The average Bonchev–Trinajstić information content (AvgIpc) is 2.76. The van der Waals surface area contributed by atoms with Gasteiger partial charge in [0, 0.05) is 29.1 Å². The molecule has 3 rings (SSSR count). The number of rotatable bonds is 4. The van der Waals surface area contributed by atoms with Gasteiger partial charge in [-0.3, -0.25) is 4.90 Å². The van der Waals surface area contributed by atoms with Gasteiger partial charge in [-0.2, -0.15) is 0 Å². The predicted molar refractivity (Wildman–Crippen MR) is 83.2 cm³/mol. The third-order valence-electron chi connectivity index (χ3n) is 4.70. The molecule has 1 aromatic carbocycles. The Labute approximate surface area is 124 Å². The zero-order chi connectivity index (χ0) is 13.2. The Bertz CT molecular complexity index is 423. The molecule has 104 valence electrons. The molecule has 3 heteroatoms. The van der Waals surface area contributed by atoms with Crippen LogP contribution in [0.4, 0.5) is 0 Å². The Kier molecular flexibility index (Phi) is 4.25. The van der Waals surface area contributed by atoms with E-state index in [2.05, 4.69) is 57.3 Å². The summed E-state index contributed by atoms with van der Waals surface area (Å²) in [4.78, 5) is 2.66. The van der Waals surface area contributed by atoms with Gasteiger partial charge < -0.3 is 5.32 Å². The second-order valence-electron chi connectivity index (χ2n) is 5.92. The molecule has 0 aromatic heterocycles. The fourth-order valence-electron chi connectivity index (χ4n) is 3.67. The second-order valence-corrected chi connectivity index (χ2v) is 6.77. The molecule has 2 fully saturated rings. The Morgan fingerprint density at radius 2 is 1.89 bits per heavy atom. The molecule has 1 N–H and O–H groups in total. The van der Waals surface area contributed by atoms with Crippen molar-refractivity contribution in [2.24, 2.45) is 0 Å². The maximum Gasteiger partial charge on any atom is 0.0247 e. The largest absolute Gasteiger partial charge is 0.311 e. The van der Waals surface area contributed by atoms with Gasteiger partial charge in [-0.05, 0) is 43.9 Å². The monoisotopic (exact) mass is 322 g/mol. The molecule has 0 saturated carbocycles. The zero-order valence-corrected chi connectivity index (χ0v) is 13.2. The first kappa shape index (κ1) is 13.6. The predicted octanol–water partition coefficient (Wildman–Crippen LogP) is 3.55. The Hall–Kier alpha value is -0.380. The Morgan fingerprint density at radius 1 is 1.21 bits per heavy atom. The highest BCUT2D eigenvalue weighted by molar-refractivity contribution is 9.10. The molecule has 0 spiro atoms. The van der Waals surface area contributed by atoms with Crippen molar-refractivity contribution in [2.75, 3.05) is 6.54 Å². The van der Waals surface area contributed by atoms with Crippen LogP contribution in [0.25, 0.3) is 0 Å². The number of halogens is 1. The van der Waals surface area contributed by atoms with Crippen LogP contribution in [-0.4, -0.2) is 29.6 Å². The molecule has 1 aromatic rings. The number of hydrogen-bond acceptors (Lipinski definition) is 2. The van der Waals surface area contributed by atoms with Gasteiger partial charge in [0.15, 0.2) is 0 Å². The summed E-state index contributed by atoms with van der Waals surface area (Å²) in [7, 11) is 0. The maximum atomic E-state index is 3.74. The van der Waals surface area contributed by atoms with Crippen molar-refractivity contribution in [1.82, 2.24) is 10.2 Å². The first-order valence-corrected chi connectivity index (χ1v) is 8.29. The zero-order valence-electron chi connectivity index (χ0n) is 11.6. The molecule has 0 aliphatic carbocycles. The van der Waals surface area contributed by atoms with Gasteiger partial charge in [-0.25, -0.2) is 0 Å². The molecular formula is C16H23BrN2. The van der Waals surface area contributed by atoms with Crippen molar-refractivity contribution < 1.29 is 0 Å². The van der Waals surface area contributed by atoms with Crippen LogP contribution in [-0.2, 0) is 6.54 Å². The molecule has 2 saturated heterocycles. The molecule has 19 heavy (non-hydrogen) atoms. The number of piperidine rings is 1. The number of nitrogens with one attached hydrogen (secondary N) is 1. The molecule has 0 radical (unpaired) electrons. The smallest absolute Gasteiger partial charge is 0.0247 e. The summed E-state index contributed by atoms with van der Waals surface area (Å²) >= 11 is 3.68. The second kappa shape index (κ2) is 5.94. The minimum absolute atomic E-state index is 0.760. The first-order valence-electron chi connectivity index (χ1n) is 7.49. The molecule has 2 aliphatic heterocycles. The number of hydrogen-bond donors (Lipinski definition) is 1. The van der Waals surface area contributed by atoms with E-state index in [0.29, 0.717) is 0 Å². The number of nitrogens with zero attached hydrogens (tertiary/aromatic N) is 1. The van der Waals surface area contributed by atoms with Crippen molar-refractivity contribution in [3.8, 4) is 0 Å². The van der Waals surface area contributed by atoms with E-state index in [1.54, 1.807) is 0 Å². The summed E-state index contributed by atoms with van der Waals surface area (Å²) in [6.45, 7) is 4.51. The van der Waals surface area contributed by atoms with E-state index >= 15 is 0 Å². The van der Waals surface area contributed by atoms with E-state index in [4.69, 9.17) is 0 Å². The number of fused-ring (bicyclic) bond motifs is 2. The maximum absolute atomic E-state index is 3.74. The third kappa shape index (κ3) is 3.04. The summed E-state index contributed by atoms with van der Waals surface area (Å²) < 4.78 is 1.24. The van der Waals surface area contributed by atoms with E-state index in [1.165, 1.54) is 35.7 Å². The van der Waals surface area contributed by atoms with Crippen LogP contribution in [0.3, 0.4) is 0 Å². The highest BCUT2D eigenvalue weighted by Gasteiger charge is 2.35. The molecule has 2 atom stereocenters. The third-order valence-corrected chi connectivity index (χ3v) is 5.48. The fourth-order valence-corrected chi connectivity index (χ4v) is 4.08. The van der Waals surface area contributed by atoms with Crippen molar-refractivity contribution in [2.45, 2.75) is 57.3 Å². The lowest BCUT2D eigenvalue weighted by molar-refractivity contribution is 0.140. The normalized spacial score (nSPS) is 29.9. The summed E-state index contributed by atoms with van der Waals surface area (Å²) in [5, 5.41) is 3.74. The van der Waals surface area contributed by atoms with Crippen LogP contribution in [0.15, 0.2) is 28.7 Å². The standard InChI is InChI=1S/C16H23BrN2/c1-2-19(11-12-5-3-4-6-16(12)17)15-9-13-7-8-14(10-15)18-13/h3-6,13-15,18H,2,7-11H2,1H3. The van der Waals surface area contributed by atoms with Crippen molar-refractivity contribution >= 4 is 15.9 Å². The summed E-state index contributed by atoms with van der Waals surface area (Å²) in [6.07, 6.45) is 5.42. The van der Waals surface area contributed by atoms with Gasteiger partial charge in [0.1, 0.15) is 0 Å². The molecule has 2 nitrogen and oxygen atoms in total. The van der Waals surface area contributed by atoms with Crippen LogP contribution in [0, 0.1) is 0 Å². The van der Waals surface area contributed by atoms with Crippen LogP contribution in [0.5, 0.6) is 0 Å². The first-order chi connectivity index (χ1) is 9.26. The fraction of sp³-hybridized carbons (Fsp3) is 0.625. The van der Waals surface area contributed by atoms with Crippen LogP contribution >= 0.6 is 15.9 Å². The molecular weight excluding hydrogens is 300 g/mol. The summed E-state index contributed by atoms with van der Waals surface area (Å²) in [5.41, 5.74) is 1.41. The molecule has 2 heterocycles. The molecule has 0 amide bonds. The number of benzene rings is 1. The van der Waals surface area contributed by atoms with Gasteiger partial charge in [-0.1, -0.05) is 41.1 Å². The Balaban J connectivity index is 1.69. The van der Waals surface area contributed by atoms with Gasteiger partial charge in [0.2, 0.25) is 0 Å².